The van der Waals surface area contributed by atoms with Crippen molar-refractivity contribution < 1.29 is 4.79 Å². The van der Waals surface area contributed by atoms with E-state index in [-0.39, 0.29) is 5.78 Å². The summed E-state index contributed by atoms with van der Waals surface area (Å²) in [6.45, 7) is 3.28. The highest BCUT2D eigenvalue weighted by molar-refractivity contribution is 5.94. The maximum Gasteiger partial charge on any atom is 0.182 e. The monoisotopic (exact) mass is 221 g/mol. The van der Waals surface area contributed by atoms with E-state index in [1.165, 1.54) is 6.42 Å². The molecule has 88 valence electrons. The molecule has 0 amide bonds. The number of piperidine rings is 1. The molecule has 1 aliphatic heterocycles. The third kappa shape index (κ3) is 2.50. The third-order valence-electron chi connectivity index (χ3n) is 3.30. The fourth-order valence-electron chi connectivity index (χ4n) is 2.35. The fraction of sp³-hybridized carbons (Fsp3) is 0.667. The van der Waals surface area contributed by atoms with E-state index in [4.69, 9.17) is 0 Å². The average molecular weight is 221 g/mol. The molecule has 0 saturated carbocycles. The van der Waals surface area contributed by atoms with Gasteiger partial charge in [-0.1, -0.05) is 6.92 Å². The van der Waals surface area contributed by atoms with Crippen LogP contribution in [0.2, 0.25) is 0 Å². The number of rotatable bonds is 3. The van der Waals surface area contributed by atoms with Crippen LogP contribution in [0.5, 0.6) is 0 Å². The molecule has 4 nitrogen and oxygen atoms in total. The zero-order chi connectivity index (χ0) is 11.5. The summed E-state index contributed by atoms with van der Waals surface area (Å²) in [7, 11) is 1.81. The predicted molar refractivity (Wildman–Crippen MR) is 62.3 cm³/mol. The number of hydrogen-bond donors (Lipinski definition) is 1. The van der Waals surface area contributed by atoms with Gasteiger partial charge in [-0.3, -0.25) is 9.48 Å². The van der Waals surface area contributed by atoms with Gasteiger partial charge < -0.3 is 5.32 Å². The molecule has 0 aromatic carbocycles. The summed E-state index contributed by atoms with van der Waals surface area (Å²) < 4.78 is 1.65. The quantitative estimate of drug-likeness (QED) is 0.784. The van der Waals surface area contributed by atoms with Crippen LogP contribution in [-0.4, -0.2) is 28.2 Å². The molecule has 16 heavy (non-hydrogen) atoms. The SMILES string of the molecule is CC1CCNC(CC(=O)c2ccnn2C)C1. The maximum atomic E-state index is 12.0. The van der Waals surface area contributed by atoms with Gasteiger partial charge in [0.25, 0.3) is 0 Å². The highest BCUT2D eigenvalue weighted by atomic mass is 16.1. The Balaban J connectivity index is 1.95. The second-order valence-corrected chi connectivity index (χ2v) is 4.75. The summed E-state index contributed by atoms with van der Waals surface area (Å²) in [5.41, 5.74) is 0.708. The summed E-state index contributed by atoms with van der Waals surface area (Å²) in [6, 6.07) is 2.13. The Morgan fingerprint density at radius 3 is 3.12 bits per heavy atom. The molecule has 1 fully saturated rings. The fourth-order valence-corrected chi connectivity index (χ4v) is 2.35. The zero-order valence-electron chi connectivity index (χ0n) is 9.94. The molecule has 1 aromatic heterocycles. The van der Waals surface area contributed by atoms with Crippen LogP contribution >= 0.6 is 0 Å². The van der Waals surface area contributed by atoms with Gasteiger partial charge in [0.1, 0.15) is 5.69 Å². The smallest absolute Gasteiger partial charge is 0.182 e. The van der Waals surface area contributed by atoms with Crippen molar-refractivity contribution in [1.29, 1.82) is 0 Å². The van der Waals surface area contributed by atoms with E-state index < -0.39 is 0 Å². The van der Waals surface area contributed by atoms with Crippen LogP contribution in [0, 0.1) is 5.92 Å². The van der Waals surface area contributed by atoms with Gasteiger partial charge in [0.05, 0.1) is 0 Å². The van der Waals surface area contributed by atoms with E-state index in [2.05, 4.69) is 17.3 Å². The molecule has 1 saturated heterocycles. The van der Waals surface area contributed by atoms with Crippen LogP contribution in [-0.2, 0) is 7.05 Å². The van der Waals surface area contributed by atoms with Crippen molar-refractivity contribution in [2.45, 2.75) is 32.2 Å². The van der Waals surface area contributed by atoms with Gasteiger partial charge in [-0.25, -0.2) is 0 Å². The lowest BCUT2D eigenvalue weighted by Crippen LogP contribution is -2.38. The van der Waals surface area contributed by atoms with Crippen LogP contribution in [0.25, 0.3) is 0 Å². The number of nitrogens with one attached hydrogen (secondary N) is 1. The minimum Gasteiger partial charge on any atom is -0.314 e. The Morgan fingerprint density at radius 1 is 1.69 bits per heavy atom. The first-order valence-corrected chi connectivity index (χ1v) is 5.91. The Bertz CT molecular complexity index is 372. The Labute approximate surface area is 96.0 Å². The van der Waals surface area contributed by atoms with E-state index in [9.17, 15) is 4.79 Å². The van der Waals surface area contributed by atoms with E-state index >= 15 is 0 Å². The lowest BCUT2D eigenvalue weighted by Gasteiger charge is -2.27. The number of nitrogens with zero attached hydrogens (tertiary/aromatic N) is 2. The van der Waals surface area contributed by atoms with Crippen LogP contribution < -0.4 is 5.32 Å². The molecule has 1 aromatic rings. The summed E-state index contributed by atoms with van der Waals surface area (Å²) in [5, 5.41) is 7.43. The summed E-state index contributed by atoms with van der Waals surface area (Å²) in [4.78, 5) is 12.0. The number of ketones is 1. The molecule has 1 aliphatic rings. The molecule has 1 N–H and O–H groups in total. The number of aryl methyl sites for hydroxylation is 1. The maximum absolute atomic E-state index is 12.0. The molecule has 0 bridgehead atoms. The van der Waals surface area contributed by atoms with Crippen molar-refractivity contribution in [3.8, 4) is 0 Å². The molecule has 4 heteroatoms. The Kier molecular flexibility index (Phi) is 3.39. The van der Waals surface area contributed by atoms with E-state index in [0.29, 0.717) is 18.2 Å². The molecule has 2 atom stereocenters. The molecular weight excluding hydrogens is 202 g/mol. The Morgan fingerprint density at radius 2 is 2.50 bits per heavy atom. The van der Waals surface area contributed by atoms with E-state index in [1.807, 2.05) is 7.05 Å². The Hall–Kier alpha value is -1.16. The largest absolute Gasteiger partial charge is 0.314 e. The van der Waals surface area contributed by atoms with Gasteiger partial charge in [0.2, 0.25) is 0 Å². The van der Waals surface area contributed by atoms with Gasteiger partial charge in [-0.05, 0) is 31.4 Å². The molecule has 2 heterocycles. The van der Waals surface area contributed by atoms with Gasteiger partial charge >= 0.3 is 0 Å². The average Bonchev–Trinajstić information content (AvgIpc) is 2.64. The van der Waals surface area contributed by atoms with Crippen LogP contribution in [0.1, 0.15) is 36.7 Å². The number of carbonyl (C=O) groups excluding carboxylic acids is 1. The predicted octanol–water partition coefficient (Wildman–Crippen LogP) is 1.38. The van der Waals surface area contributed by atoms with Crippen LogP contribution in [0.15, 0.2) is 12.3 Å². The normalized spacial score (nSPS) is 25.6. The topological polar surface area (TPSA) is 46.9 Å². The minimum atomic E-state index is 0.187. The van der Waals surface area contributed by atoms with Crippen molar-refractivity contribution in [3.63, 3.8) is 0 Å². The third-order valence-corrected chi connectivity index (χ3v) is 3.30. The summed E-state index contributed by atoms with van der Waals surface area (Å²) in [5.74, 6) is 0.914. The zero-order valence-corrected chi connectivity index (χ0v) is 9.94. The first-order valence-electron chi connectivity index (χ1n) is 5.91. The van der Waals surface area contributed by atoms with Crippen LogP contribution in [0.3, 0.4) is 0 Å². The van der Waals surface area contributed by atoms with Gasteiger partial charge in [-0.2, -0.15) is 5.10 Å². The van der Waals surface area contributed by atoms with Gasteiger partial charge in [-0.15, -0.1) is 0 Å². The highest BCUT2D eigenvalue weighted by Crippen LogP contribution is 2.18. The van der Waals surface area contributed by atoms with Crippen molar-refractivity contribution in [3.05, 3.63) is 18.0 Å². The minimum absolute atomic E-state index is 0.187. The molecule has 0 radical (unpaired) electrons. The van der Waals surface area contributed by atoms with Crippen molar-refractivity contribution in [1.82, 2.24) is 15.1 Å². The first kappa shape index (κ1) is 11.3. The second kappa shape index (κ2) is 4.78. The number of aromatic nitrogens is 2. The summed E-state index contributed by atoms with van der Waals surface area (Å²) in [6.07, 6.45) is 4.58. The van der Waals surface area contributed by atoms with Crippen molar-refractivity contribution in [2.24, 2.45) is 13.0 Å². The lowest BCUT2D eigenvalue weighted by atomic mass is 9.91. The van der Waals surface area contributed by atoms with E-state index in [1.54, 1.807) is 16.9 Å². The van der Waals surface area contributed by atoms with Crippen molar-refractivity contribution >= 4 is 5.78 Å². The van der Waals surface area contributed by atoms with Crippen LogP contribution in [0.4, 0.5) is 0 Å². The number of carbonyl (C=O) groups is 1. The molecule has 2 rings (SSSR count). The van der Waals surface area contributed by atoms with Gasteiger partial charge in [0, 0.05) is 25.7 Å². The molecule has 2 unspecified atom stereocenters. The number of Topliss-reactive ketones (excluding diaryl/α,β-unsaturated/α-hetero) is 1. The number of hydrogen-bond acceptors (Lipinski definition) is 3. The van der Waals surface area contributed by atoms with Gasteiger partial charge in [0.15, 0.2) is 5.78 Å². The van der Waals surface area contributed by atoms with E-state index in [0.717, 1.165) is 18.9 Å². The molecule has 0 aliphatic carbocycles. The molecular formula is C12H19N3O. The summed E-state index contributed by atoms with van der Waals surface area (Å²) >= 11 is 0. The highest BCUT2D eigenvalue weighted by Gasteiger charge is 2.22. The lowest BCUT2D eigenvalue weighted by molar-refractivity contribution is 0.0949. The first-order chi connectivity index (χ1) is 7.66. The second-order valence-electron chi connectivity index (χ2n) is 4.75. The molecule has 0 spiro atoms. The van der Waals surface area contributed by atoms with Crippen molar-refractivity contribution in [2.75, 3.05) is 6.54 Å². The standard InChI is InChI=1S/C12H19N3O/c1-9-3-5-13-10(7-9)8-12(16)11-4-6-14-15(11)2/h4,6,9-10,13H,3,5,7-8H2,1-2H3.